The van der Waals surface area contributed by atoms with Crippen LogP contribution in [-0.4, -0.2) is 30.3 Å². The maximum absolute atomic E-state index is 14.3. The van der Waals surface area contributed by atoms with E-state index in [4.69, 9.17) is 0 Å². The van der Waals surface area contributed by atoms with Crippen LogP contribution in [0.2, 0.25) is 0 Å². The van der Waals surface area contributed by atoms with Crippen molar-refractivity contribution >= 4 is 5.78 Å². The van der Waals surface area contributed by atoms with Crippen LogP contribution in [-0.2, 0) is 0 Å². The van der Waals surface area contributed by atoms with Gasteiger partial charge < -0.3 is 0 Å². The molecule has 1 aromatic carbocycles. The summed E-state index contributed by atoms with van der Waals surface area (Å²) in [7, 11) is 3.66. The summed E-state index contributed by atoms with van der Waals surface area (Å²) in [6.45, 7) is 1.56. The summed E-state index contributed by atoms with van der Waals surface area (Å²) in [5.41, 5.74) is -0.848. The van der Waals surface area contributed by atoms with Crippen molar-refractivity contribution in [2.24, 2.45) is 0 Å². The topological polar surface area (TPSA) is 20.3 Å². The fraction of sp³-hybridized carbons (Fsp3) is 0.588. The number of hydrogen-bond acceptors (Lipinski definition) is 2. The molecule has 0 heterocycles. The third-order valence-electron chi connectivity index (χ3n) is 4.72. The molecule has 116 valence electrons. The number of ketones is 1. The maximum Gasteiger partial charge on any atom is 0.188 e. The molecule has 2 nitrogen and oxygen atoms in total. The number of hydrogen-bond donors (Lipinski definition) is 0. The molecule has 0 aliphatic heterocycles. The van der Waals surface area contributed by atoms with E-state index in [1.54, 1.807) is 6.92 Å². The first-order valence-corrected chi connectivity index (χ1v) is 7.57. The van der Waals surface area contributed by atoms with Crippen molar-refractivity contribution in [1.29, 1.82) is 0 Å². The van der Waals surface area contributed by atoms with Crippen LogP contribution in [0.1, 0.15) is 54.4 Å². The number of carbonyl (C=O) groups is 1. The number of benzene rings is 1. The van der Waals surface area contributed by atoms with Crippen LogP contribution in [0.3, 0.4) is 0 Å². The molecule has 0 N–H and O–H groups in total. The first-order valence-electron chi connectivity index (χ1n) is 7.57. The van der Waals surface area contributed by atoms with E-state index in [-0.39, 0.29) is 5.56 Å². The third kappa shape index (κ3) is 2.86. The molecular weight excluding hydrogens is 272 g/mol. The molecule has 0 radical (unpaired) electrons. The normalized spacial score (nSPS) is 18.6. The summed E-state index contributed by atoms with van der Waals surface area (Å²) in [6, 6.07) is 2.56. The Morgan fingerprint density at radius 2 is 1.67 bits per heavy atom. The Morgan fingerprint density at radius 1 is 1.10 bits per heavy atom. The maximum atomic E-state index is 14.3. The SMILES string of the molecule is Cc1ccc(F)c(C(=O)C2(N(C)C)CCCCCC2)c1F. The van der Waals surface area contributed by atoms with Crippen LogP contribution < -0.4 is 0 Å². The second kappa shape index (κ2) is 6.22. The molecule has 4 heteroatoms. The minimum Gasteiger partial charge on any atom is -0.297 e. The molecule has 0 atom stereocenters. The summed E-state index contributed by atoms with van der Waals surface area (Å²) in [5.74, 6) is -1.88. The van der Waals surface area contributed by atoms with Crippen molar-refractivity contribution in [2.45, 2.75) is 51.0 Å². The number of nitrogens with zero attached hydrogens (tertiary/aromatic N) is 1. The molecule has 0 bridgehead atoms. The monoisotopic (exact) mass is 295 g/mol. The molecule has 0 saturated heterocycles. The van der Waals surface area contributed by atoms with Crippen molar-refractivity contribution in [3.63, 3.8) is 0 Å². The zero-order valence-corrected chi connectivity index (χ0v) is 13.0. The smallest absolute Gasteiger partial charge is 0.188 e. The predicted octanol–water partition coefficient (Wildman–Crippen LogP) is 4.11. The van der Waals surface area contributed by atoms with E-state index in [9.17, 15) is 13.6 Å². The first-order chi connectivity index (χ1) is 9.90. The zero-order chi connectivity index (χ0) is 15.6. The molecule has 1 saturated carbocycles. The second-order valence-electron chi connectivity index (χ2n) is 6.22. The highest BCUT2D eigenvalue weighted by Crippen LogP contribution is 2.35. The van der Waals surface area contributed by atoms with Gasteiger partial charge in [0.2, 0.25) is 0 Å². The van der Waals surface area contributed by atoms with Gasteiger partial charge in [-0.15, -0.1) is 0 Å². The van der Waals surface area contributed by atoms with Crippen molar-refractivity contribution in [3.05, 3.63) is 34.9 Å². The van der Waals surface area contributed by atoms with Crippen molar-refractivity contribution in [1.82, 2.24) is 4.90 Å². The molecule has 1 aliphatic rings. The van der Waals surface area contributed by atoms with Gasteiger partial charge in [-0.25, -0.2) is 8.78 Å². The minimum atomic E-state index is -0.786. The summed E-state index contributed by atoms with van der Waals surface area (Å²) in [4.78, 5) is 14.8. The lowest BCUT2D eigenvalue weighted by Gasteiger charge is -2.38. The number of Topliss-reactive ketones (excluding diaryl/α,β-unsaturated/α-hetero) is 1. The van der Waals surface area contributed by atoms with Gasteiger partial charge >= 0.3 is 0 Å². The van der Waals surface area contributed by atoms with Gasteiger partial charge in [0, 0.05) is 0 Å². The fourth-order valence-electron chi connectivity index (χ4n) is 3.29. The molecule has 0 amide bonds. The van der Waals surface area contributed by atoms with Gasteiger partial charge in [-0.05, 0) is 45.5 Å². The quantitative estimate of drug-likeness (QED) is 0.618. The Morgan fingerprint density at radius 3 is 2.19 bits per heavy atom. The Balaban J connectivity index is 2.51. The van der Waals surface area contributed by atoms with Gasteiger partial charge in [-0.3, -0.25) is 9.69 Å². The van der Waals surface area contributed by atoms with E-state index in [1.807, 2.05) is 19.0 Å². The molecular formula is C17H23F2NO. The van der Waals surface area contributed by atoms with E-state index >= 15 is 0 Å². The van der Waals surface area contributed by atoms with Crippen LogP contribution in [0.25, 0.3) is 0 Å². The third-order valence-corrected chi connectivity index (χ3v) is 4.72. The van der Waals surface area contributed by atoms with Crippen molar-refractivity contribution < 1.29 is 13.6 Å². The van der Waals surface area contributed by atoms with Gasteiger partial charge in [0.1, 0.15) is 11.6 Å². The van der Waals surface area contributed by atoms with E-state index in [0.29, 0.717) is 18.4 Å². The van der Waals surface area contributed by atoms with Gasteiger partial charge in [-0.1, -0.05) is 31.7 Å². The first kappa shape index (κ1) is 16.1. The van der Waals surface area contributed by atoms with Gasteiger partial charge in [0.05, 0.1) is 11.1 Å². The number of carbonyl (C=O) groups excluding carboxylic acids is 1. The largest absolute Gasteiger partial charge is 0.297 e. The van der Waals surface area contributed by atoms with Crippen LogP contribution in [0.15, 0.2) is 12.1 Å². The molecule has 0 spiro atoms. The highest BCUT2D eigenvalue weighted by molar-refractivity contribution is 6.03. The number of aryl methyl sites for hydroxylation is 1. The van der Waals surface area contributed by atoms with E-state index in [0.717, 1.165) is 25.7 Å². The Hall–Kier alpha value is -1.29. The molecule has 1 fully saturated rings. The van der Waals surface area contributed by atoms with Crippen LogP contribution in [0, 0.1) is 18.6 Å². The average Bonchev–Trinajstić information content (AvgIpc) is 2.70. The Bertz CT molecular complexity index is 532. The van der Waals surface area contributed by atoms with Crippen molar-refractivity contribution in [3.8, 4) is 0 Å². The lowest BCUT2D eigenvalue weighted by atomic mass is 9.80. The van der Waals surface area contributed by atoms with Gasteiger partial charge in [-0.2, -0.15) is 0 Å². The molecule has 0 aromatic heterocycles. The average molecular weight is 295 g/mol. The standard InChI is InChI=1S/C17H23F2NO/c1-12-8-9-13(18)14(15(12)19)16(21)17(20(2)3)10-6-4-5-7-11-17/h8-9H,4-7,10-11H2,1-3H3. The van der Waals surface area contributed by atoms with Crippen LogP contribution >= 0.6 is 0 Å². The fourth-order valence-corrected chi connectivity index (χ4v) is 3.29. The Kier molecular flexibility index (Phi) is 4.77. The second-order valence-corrected chi connectivity index (χ2v) is 6.22. The van der Waals surface area contributed by atoms with E-state index < -0.39 is 23.0 Å². The summed E-state index contributed by atoms with van der Waals surface area (Å²) < 4.78 is 28.4. The molecule has 21 heavy (non-hydrogen) atoms. The molecule has 1 aromatic rings. The van der Waals surface area contributed by atoms with Gasteiger partial charge in [0.25, 0.3) is 0 Å². The molecule has 1 aliphatic carbocycles. The molecule has 0 unspecified atom stereocenters. The highest BCUT2D eigenvalue weighted by Gasteiger charge is 2.43. The predicted molar refractivity (Wildman–Crippen MR) is 79.5 cm³/mol. The number of rotatable bonds is 3. The number of halogens is 2. The van der Waals surface area contributed by atoms with Crippen LogP contribution in [0.5, 0.6) is 0 Å². The zero-order valence-electron chi connectivity index (χ0n) is 13.0. The summed E-state index contributed by atoms with van der Waals surface area (Å²) >= 11 is 0. The summed E-state index contributed by atoms with van der Waals surface area (Å²) in [5, 5.41) is 0. The minimum absolute atomic E-state index is 0.308. The highest BCUT2D eigenvalue weighted by atomic mass is 19.1. The number of likely N-dealkylation sites (N-methyl/N-ethyl adjacent to an activating group) is 1. The van der Waals surface area contributed by atoms with E-state index in [1.165, 1.54) is 12.1 Å². The van der Waals surface area contributed by atoms with E-state index in [2.05, 4.69) is 0 Å². The van der Waals surface area contributed by atoms with Crippen molar-refractivity contribution in [2.75, 3.05) is 14.1 Å². The lowest BCUT2D eigenvalue weighted by molar-refractivity contribution is 0.0625. The Labute approximate surface area is 125 Å². The lowest BCUT2D eigenvalue weighted by Crippen LogP contribution is -2.51. The summed E-state index contributed by atoms with van der Waals surface area (Å²) in [6.07, 6.45) is 5.29. The van der Waals surface area contributed by atoms with Crippen LogP contribution in [0.4, 0.5) is 8.78 Å². The van der Waals surface area contributed by atoms with Gasteiger partial charge in [0.15, 0.2) is 5.78 Å². The molecule has 2 rings (SSSR count).